The molecule has 1 aliphatic heterocycles. The van der Waals surface area contributed by atoms with Crippen LogP contribution in [0.4, 0.5) is 0 Å². The van der Waals surface area contributed by atoms with Crippen LogP contribution in [0.1, 0.15) is 46.3 Å². The van der Waals surface area contributed by atoms with E-state index in [0.29, 0.717) is 11.3 Å². The predicted molar refractivity (Wildman–Crippen MR) is 128 cm³/mol. The van der Waals surface area contributed by atoms with Gasteiger partial charge >= 0.3 is 0 Å². The zero-order chi connectivity index (χ0) is 22.7. The summed E-state index contributed by atoms with van der Waals surface area (Å²) in [6.07, 6.45) is 10.6. The molecule has 5 nitrogen and oxygen atoms in total. The number of rotatable bonds is 4. The van der Waals surface area contributed by atoms with E-state index in [-0.39, 0.29) is 5.91 Å². The van der Waals surface area contributed by atoms with Crippen LogP contribution in [0.2, 0.25) is 0 Å². The molecule has 2 heterocycles. The van der Waals surface area contributed by atoms with Crippen molar-refractivity contribution in [2.75, 3.05) is 27.2 Å². The first kappa shape index (κ1) is 21.9. The minimum atomic E-state index is -0.402. The number of hydrogen-bond acceptors (Lipinski definition) is 4. The minimum absolute atomic E-state index is 0.105. The van der Waals surface area contributed by atoms with Crippen molar-refractivity contribution < 1.29 is 9.53 Å². The van der Waals surface area contributed by atoms with Crippen LogP contribution in [0.15, 0.2) is 48.7 Å². The van der Waals surface area contributed by atoms with Crippen molar-refractivity contribution in [3.63, 3.8) is 0 Å². The highest BCUT2D eigenvalue weighted by Crippen LogP contribution is 2.48. The second kappa shape index (κ2) is 9.02. The van der Waals surface area contributed by atoms with Crippen LogP contribution in [0.3, 0.4) is 0 Å². The molecule has 0 unspecified atom stereocenters. The summed E-state index contributed by atoms with van der Waals surface area (Å²) < 4.78 is 5.27. The molecule has 0 bridgehead atoms. The van der Waals surface area contributed by atoms with E-state index in [1.165, 1.54) is 19.5 Å². The summed E-state index contributed by atoms with van der Waals surface area (Å²) in [5.74, 6) is 3.26. The number of aryl methyl sites for hydroxylation is 1. The SMILES string of the molecule is C#Cc1cc(C2(NC(=O)c3cc(OC)ccc3C)CC2)c2cccnc2c1.CN1CCC1. The maximum absolute atomic E-state index is 13.0. The van der Waals surface area contributed by atoms with E-state index in [1.54, 1.807) is 19.4 Å². The molecule has 5 rings (SSSR count). The number of likely N-dealkylation sites (tertiary alicyclic amines) is 1. The first-order valence-corrected chi connectivity index (χ1v) is 11.0. The first-order chi connectivity index (χ1) is 15.5. The summed E-state index contributed by atoms with van der Waals surface area (Å²) in [7, 11) is 3.74. The lowest BCUT2D eigenvalue weighted by molar-refractivity contribution is 0.0930. The molecule has 1 aliphatic carbocycles. The second-order valence-corrected chi connectivity index (χ2v) is 8.61. The highest BCUT2D eigenvalue weighted by molar-refractivity contribution is 5.97. The zero-order valence-electron chi connectivity index (χ0n) is 18.9. The number of carbonyl (C=O) groups excluding carboxylic acids is 1. The minimum Gasteiger partial charge on any atom is -0.497 e. The number of amides is 1. The molecule has 2 fully saturated rings. The maximum atomic E-state index is 13.0. The molecule has 1 saturated heterocycles. The van der Waals surface area contributed by atoms with Gasteiger partial charge < -0.3 is 15.0 Å². The summed E-state index contributed by atoms with van der Waals surface area (Å²) in [6, 6.07) is 13.4. The average molecular weight is 428 g/mol. The van der Waals surface area contributed by atoms with Gasteiger partial charge in [0, 0.05) is 22.7 Å². The summed E-state index contributed by atoms with van der Waals surface area (Å²) in [6.45, 7) is 4.56. The fourth-order valence-corrected chi connectivity index (χ4v) is 3.98. The molecule has 3 aromatic rings. The van der Waals surface area contributed by atoms with Crippen molar-refractivity contribution >= 4 is 16.8 Å². The van der Waals surface area contributed by atoms with Gasteiger partial charge in [-0.15, -0.1) is 6.42 Å². The lowest BCUT2D eigenvalue weighted by Crippen LogP contribution is -2.35. The van der Waals surface area contributed by atoms with E-state index in [1.807, 2.05) is 43.3 Å². The van der Waals surface area contributed by atoms with Crippen molar-refractivity contribution in [1.29, 1.82) is 0 Å². The third-order valence-corrected chi connectivity index (χ3v) is 6.27. The summed E-state index contributed by atoms with van der Waals surface area (Å²) >= 11 is 0. The summed E-state index contributed by atoms with van der Waals surface area (Å²) in [5, 5.41) is 4.27. The van der Waals surface area contributed by atoms with E-state index < -0.39 is 5.54 Å². The smallest absolute Gasteiger partial charge is 0.252 e. The Hall–Kier alpha value is -3.36. The topological polar surface area (TPSA) is 54.5 Å². The summed E-state index contributed by atoms with van der Waals surface area (Å²) in [5.41, 5.74) is 3.79. The molecule has 32 heavy (non-hydrogen) atoms. The van der Waals surface area contributed by atoms with Gasteiger partial charge in [-0.25, -0.2) is 0 Å². The fraction of sp³-hybridized carbons (Fsp3) is 0.333. The number of hydrogen-bond donors (Lipinski definition) is 1. The van der Waals surface area contributed by atoms with E-state index in [2.05, 4.69) is 28.2 Å². The standard InChI is InChI=1S/C23H20N2O2.C4H9N/c1-4-16-12-20(18-6-5-11-24-21(18)13-16)23(9-10-23)25-22(26)19-14-17(27-3)8-7-15(19)2;1-5-3-2-4-5/h1,5-8,11-14H,9-10H2,2-3H3,(H,25,26);2-4H2,1H3. The van der Waals surface area contributed by atoms with Crippen LogP contribution in [-0.4, -0.2) is 43.0 Å². The number of aromatic nitrogens is 1. The van der Waals surface area contributed by atoms with E-state index in [0.717, 1.165) is 40.4 Å². The van der Waals surface area contributed by atoms with Crippen molar-refractivity contribution in [3.05, 3.63) is 70.9 Å². The van der Waals surface area contributed by atoms with Gasteiger partial charge in [0.2, 0.25) is 0 Å². The predicted octanol–water partition coefficient (Wildman–Crippen LogP) is 4.27. The maximum Gasteiger partial charge on any atom is 0.252 e. The molecule has 0 spiro atoms. The molecule has 1 aromatic heterocycles. The molecular formula is C27H29N3O2. The molecule has 1 amide bonds. The number of benzene rings is 2. The Morgan fingerprint density at radius 1 is 1.22 bits per heavy atom. The monoisotopic (exact) mass is 427 g/mol. The van der Waals surface area contributed by atoms with Crippen LogP contribution in [0.5, 0.6) is 5.75 Å². The highest BCUT2D eigenvalue weighted by atomic mass is 16.5. The number of terminal acetylenes is 1. The summed E-state index contributed by atoms with van der Waals surface area (Å²) in [4.78, 5) is 19.8. The Morgan fingerprint density at radius 2 is 1.97 bits per heavy atom. The highest BCUT2D eigenvalue weighted by Gasteiger charge is 2.47. The van der Waals surface area contributed by atoms with Gasteiger partial charge in [-0.05, 0) is 87.8 Å². The number of fused-ring (bicyclic) bond motifs is 1. The fourth-order valence-electron chi connectivity index (χ4n) is 3.98. The molecule has 164 valence electrons. The van der Waals surface area contributed by atoms with Crippen LogP contribution >= 0.6 is 0 Å². The third kappa shape index (κ3) is 4.46. The molecule has 2 aromatic carbocycles. The number of methoxy groups -OCH3 is 1. The lowest BCUT2D eigenvalue weighted by Gasteiger charge is -2.24. The van der Waals surface area contributed by atoms with Gasteiger partial charge in [0.1, 0.15) is 5.75 Å². The van der Waals surface area contributed by atoms with E-state index in [9.17, 15) is 4.79 Å². The molecule has 1 N–H and O–H groups in total. The molecule has 1 saturated carbocycles. The zero-order valence-corrected chi connectivity index (χ0v) is 18.9. The average Bonchev–Trinajstić information content (AvgIpc) is 3.57. The van der Waals surface area contributed by atoms with Gasteiger partial charge in [0.05, 0.1) is 18.2 Å². The molecule has 5 heteroatoms. The number of ether oxygens (including phenoxy) is 1. The number of pyridine rings is 1. The van der Waals surface area contributed by atoms with Crippen molar-refractivity contribution in [2.45, 2.75) is 31.7 Å². The molecule has 2 aliphatic rings. The Morgan fingerprint density at radius 3 is 2.56 bits per heavy atom. The van der Waals surface area contributed by atoms with E-state index in [4.69, 9.17) is 11.2 Å². The van der Waals surface area contributed by atoms with E-state index >= 15 is 0 Å². The third-order valence-electron chi connectivity index (χ3n) is 6.27. The van der Waals surface area contributed by atoms with Gasteiger partial charge in [-0.3, -0.25) is 9.78 Å². The lowest BCUT2D eigenvalue weighted by atomic mass is 9.96. The van der Waals surface area contributed by atoms with Crippen LogP contribution in [0, 0.1) is 19.3 Å². The largest absolute Gasteiger partial charge is 0.497 e. The van der Waals surface area contributed by atoms with Crippen LogP contribution in [-0.2, 0) is 5.54 Å². The first-order valence-electron chi connectivity index (χ1n) is 11.0. The van der Waals surface area contributed by atoms with Crippen molar-refractivity contribution in [3.8, 4) is 18.1 Å². The van der Waals surface area contributed by atoms with Gasteiger partial charge in [-0.1, -0.05) is 18.1 Å². The number of nitrogens with one attached hydrogen (secondary N) is 1. The Kier molecular flexibility index (Phi) is 6.16. The van der Waals surface area contributed by atoms with Crippen LogP contribution in [0.25, 0.3) is 10.9 Å². The molecule has 0 atom stereocenters. The van der Waals surface area contributed by atoms with Crippen molar-refractivity contribution in [2.24, 2.45) is 0 Å². The Labute approximate surface area is 189 Å². The second-order valence-electron chi connectivity index (χ2n) is 8.61. The Bertz CT molecular complexity index is 1190. The number of carbonyl (C=O) groups is 1. The van der Waals surface area contributed by atoms with Gasteiger partial charge in [0.25, 0.3) is 5.91 Å². The molecular weight excluding hydrogens is 398 g/mol. The van der Waals surface area contributed by atoms with Crippen molar-refractivity contribution in [1.82, 2.24) is 15.2 Å². The quantitative estimate of drug-likeness (QED) is 0.632. The van der Waals surface area contributed by atoms with Gasteiger partial charge in [0.15, 0.2) is 0 Å². The number of nitrogens with zero attached hydrogens (tertiary/aromatic N) is 2. The van der Waals surface area contributed by atoms with Gasteiger partial charge in [-0.2, -0.15) is 0 Å². The Balaban J connectivity index is 0.000000433. The van der Waals surface area contributed by atoms with Crippen LogP contribution < -0.4 is 10.1 Å². The molecule has 0 radical (unpaired) electrons. The normalized spacial score (nSPS) is 16.2.